The van der Waals surface area contributed by atoms with Crippen LogP contribution >= 0.6 is 12.4 Å². The molecule has 2 N–H and O–H groups in total. The van der Waals surface area contributed by atoms with Crippen molar-refractivity contribution >= 4 is 24.0 Å². The van der Waals surface area contributed by atoms with Gasteiger partial charge in [-0.05, 0) is 12.1 Å². The smallest absolute Gasteiger partial charge is 0.383 e. The van der Waals surface area contributed by atoms with Crippen LogP contribution in [0.25, 0.3) is 0 Å². The molecular weight excluding hydrogens is 221 g/mol. The highest BCUT2D eigenvalue weighted by Gasteiger charge is 2.40. The molecule has 0 aliphatic carbocycles. The average molecular weight is 227 g/mol. The zero-order valence-electron chi connectivity index (χ0n) is 6.71. The third kappa shape index (κ3) is 2.59. The number of hydrogen-bond acceptors (Lipinski definition) is 3. The molecule has 0 aromatic carbocycles. The first-order valence-electron chi connectivity index (χ1n) is 3.25. The fraction of sp³-hybridized carbons (Fsp3) is 0.143. The summed E-state index contributed by atoms with van der Waals surface area (Å²) < 4.78 is 35.6. The molecule has 78 valence electrons. The van der Waals surface area contributed by atoms with Crippen LogP contribution in [0.2, 0.25) is 0 Å². The van der Waals surface area contributed by atoms with Crippen molar-refractivity contribution in [2.45, 2.75) is 6.18 Å². The molecule has 0 aliphatic heterocycles. The maximum atomic E-state index is 11.9. The molecule has 1 heterocycles. The summed E-state index contributed by atoms with van der Waals surface area (Å²) in [5.74, 6) is -2.39. The van der Waals surface area contributed by atoms with Gasteiger partial charge in [0.05, 0.1) is 5.56 Å². The lowest BCUT2D eigenvalue weighted by atomic mass is 10.1. The minimum absolute atomic E-state index is 0. The molecule has 1 aromatic rings. The van der Waals surface area contributed by atoms with E-state index in [0.717, 1.165) is 6.07 Å². The van der Waals surface area contributed by atoms with Gasteiger partial charge in [0, 0.05) is 6.20 Å². The fourth-order valence-corrected chi connectivity index (χ4v) is 0.762. The monoisotopic (exact) mass is 226 g/mol. The number of carbonyl (C=O) groups is 1. The second-order valence-electron chi connectivity index (χ2n) is 2.26. The number of aromatic nitrogens is 1. The van der Waals surface area contributed by atoms with E-state index in [4.69, 9.17) is 5.73 Å². The molecule has 1 aromatic heterocycles. The molecule has 0 saturated heterocycles. The van der Waals surface area contributed by atoms with Gasteiger partial charge in [-0.15, -0.1) is 12.4 Å². The molecule has 0 atom stereocenters. The standard InChI is InChI=1S/C7H5F3N2O.ClH/c8-7(9,10)5(13)4-2-1-3-12-6(4)11;/h1-3H,(H2,11,12);1H. The number of nitrogens with two attached hydrogens (primary N) is 1. The molecule has 14 heavy (non-hydrogen) atoms. The van der Waals surface area contributed by atoms with Crippen molar-refractivity contribution in [2.75, 3.05) is 5.73 Å². The van der Waals surface area contributed by atoms with E-state index in [9.17, 15) is 18.0 Å². The van der Waals surface area contributed by atoms with Crippen molar-refractivity contribution in [1.82, 2.24) is 4.98 Å². The molecule has 0 unspecified atom stereocenters. The van der Waals surface area contributed by atoms with Gasteiger partial charge in [0.1, 0.15) is 5.82 Å². The fourth-order valence-electron chi connectivity index (χ4n) is 0.762. The Morgan fingerprint density at radius 2 is 2.00 bits per heavy atom. The van der Waals surface area contributed by atoms with Gasteiger partial charge in [0.25, 0.3) is 5.78 Å². The van der Waals surface area contributed by atoms with Crippen LogP contribution < -0.4 is 5.73 Å². The van der Waals surface area contributed by atoms with E-state index in [-0.39, 0.29) is 12.4 Å². The number of nitrogen functional groups attached to an aromatic ring is 1. The summed E-state index contributed by atoms with van der Waals surface area (Å²) in [4.78, 5) is 14.0. The Hall–Kier alpha value is -1.30. The Bertz CT molecular complexity index is 340. The highest BCUT2D eigenvalue weighted by Crippen LogP contribution is 2.23. The minimum Gasteiger partial charge on any atom is -0.383 e. The summed E-state index contributed by atoms with van der Waals surface area (Å²) in [5.41, 5.74) is 4.47. The van der Waals surface area contributed by atoms with Crippen LogP contribution in [0.4, 0.5) is 19.0 Å². The topological polar surface area (TPSA) is 56.0 Å². The molecule has 0 bridgehead atoms. The number of anilines is 1. The predicted molar refractivity (Wildman–Crippen MR) is 46.3 cm³/mol. The summed E-state index contributed by atoms with van der Waals surface area (Å²) in [6.07, 6.45) is -3.69. The first-order chi connectivity index (χ1) is 5.93. The van der Waals surface area contributed by atoms with Gasteiger partial charge in [0.2, 0.25) is 0 Å². The molecule has 0 aliphatic rings. The normalized spacial score (nSPS) is 10.5. The number of ketones is 1. The van der Waals surface area contributed by atoms with Crippen LogP contribution in [0.3, 0.4) is 0 Å². The number of nitrogens with zero attached hydrogens (tertiary/aromatic N) is 1. The van der Waals surface area contributed by atoms with Gasteiger partial charge in [-0.2, -0.15) is 13.2 Å². The van der Waals surface area contributed by atoms with Gasteiger partial charge < -0.3 is 5.73 Å². The third-order valence-corrected chi connectivity index (χ3v) is 1.34. The van der Waals surface area contributed by atoms with Gasteiger partial charge >= 0.3 is 6.18 Å². The van der Waals surface area contributed by atoms with E-state index in [0.29, 0.717) is 0 Å². The Morgan fingerprint density at radius 3 is 2.43 bits per heavy atom. The van der Waals surface area contributed by atoms with E-state index in [1.165, 1.54) is 12.3 Å². The Morgan fingerprint density at radius 1 is 1.43 bits per heavy atom. The quantitative estimate of drug-likeness (QED) is 0.744. The lowest BCUT2D eigenvalue weighted by molar-refractivity contribution is -0.0884. The summed E-state index contributed by atoms with van der Waals surface area (Å²) >= 11 is 0. The van der Waals surface area contributed by atoms with Gasteiger partial charge in [-0.1, -0.05) is 0 Å². The molecule has 3 nitrogen and oxygen atoms in total. The van der Waals surface area contributed by atoms with E-state index in [1.54, 1.807) is 0 Å². The molecule has 0 saturated carbocycles. The van der Waals surface area contributed by atoms with Gasteiger partial charge in [0.15, 0.2) is 0 Å². The maximum Gasteiger partial charge on any atom is 0.455 e. The summed E-state index contributed by atoms with van der Waals surface area (Å²) in [7, 11) is 0. The molecule has 0 amide bonds. The van der Waals surface area contributed by atoms with Crippen molar-refractivity contribution < 1.29 is 18.0 Å². The number of carbonyl (C=O) groups excluding carboxylic acids is 1. The zero-order valence-corrected chi connectivity index (χ0v) is 7.52. The highest BCUT2D eigenvalue weighted by molar-refractivity contribution is 6.03. The largest absolute Gasteiger partial charge is 0.455 e. The van der Waals surface area contributed by atoms with Crippen molar-refractivity contribution in [3.8, 4) is 0 Å². The van der Waals surface area contributed by atoms with Gasteiger partial charge in [-0.25, -0.2) is 4.98 Å². The number of hydrogen-bond donors (Lipinski definition) is 1. The lowest BCUT2D eigenvalue weighted by Gasteiger charge is -2.05. The zero-order chi connectivity index (χ0) is 10.1. The average Bonchev–Trinajstić information content (AvgIpc) is 2.02. The highest BCUT2D eigenvalue weighted by atomic mass is 35.5. The van der Waals surface area contributed by atoms with Crippen molar-refractivity contribution in [2.24, 2.45) is 0 Å². The molecule has 1 rings (SSSR count). The van der Waals surface area contributed by atoms with Crippen LogP contribution in [-0.2, 0) is 0 Å². The van der Waals surface area contributed by atoms with Crippen LogP contribution in [0.15, 0.2) is 18.3 Å². The maximum absolute atomic E-state index is 11.9. The molecule has 7 heteroatoms. The number of pyridine rings is 1. The van der Waals surface area contributed by atoms with Crippen LogP contribution in [0, 0.1) is 0 Å². The lowest BCUT2D eigenvalue weighted by Crippen LogP contribution is -2.24. The van der Waals surface area contributed by atoms with Crippen molar-refractivity contribution in [3.05, 3.63) is 23.9 Å². The molecule has 0 spiro atoms. The van der Waals surface area contributed by atoms with E-state index < -0.39 is 23.3 Å². The SMILES string of the molecule is Cl.Nc1ncccc1C(=O)C(F)(F)F. The predicted octanol–water partition coefficient (Wildman–Crippen LogP) is 1.83. The van der Waals surface area contributed by atoms with Crippen LogP contribution in [0.1, 0.15) is 10.4 Å². The Kier molecular flexibility index (Phi) is 3.88. The second kappa shape index (κ2) is 4.28. The Balaban J connectivity index is 0.00000169. The van der Waals surface area contributed by atoms with Crippen molar-refractivity contribution in [3.63, 3.8) is 0 Å². The van der Waals surface area contributed by atoms with Crippen molar-refractivity contribution in [1.29, 1.82) is 0 Å². The number of alkyl halides is 3. The van der Waals surface area contributed by atoms with E-state index in [1.807, 2.05) is 0 Å². The number of halogens is 4. The summed E-state index contributed by atoms with van der Waals surface area (Å²) in [6.45, 7) is 0. The second-order valence-corrected chi connectivity index (χ2v) is 2.26. The first kappa shape index (κ1) is 12.7. The number of Topliss-reactive ketones (excluding diaryl/α,β-unsaturated/α-hetero) is 1. The molecule has 0 radical (unpaired) electrons. The molecular formula is C7H6ClF3N2O. The number of rotatable bonds is 1. The summed E-state index contributed by atoms with van der Waals surface area (Å²) in [5, 5.41) is 0. The first-order valence-corrected chi connectivity index (χ1v) is 3.25. The third-order valence-electron chi connectivity index (χ3n) is 1.34. The van der Waals surface area contributed by atoms with E-state index >= 15 is 0 Å². The molecule has 0 fully saturated rings. The Labute approximate surface area is 83.5 Å². The van der Waals surface area contributed by atoms with Crippen LogP contribution in [0.5, 0.6) is 0 Å². The van der Waals surface area contributed by atoms with E-state index in [2.05, 4.69) is 4.98 Å². The van der Waals surface area contributed by atoms with Crippen LogP contribution in [-0.4, -0.2) is 16.9 Å². The summed E-state index contributed by atoms with van der Waals surface area (Å²) in [6, 6.07) is 2.20. The minimum atomic E-state index is -4.91. The van der Waals surface area contributed by atoms with Gasteiger partial charge in [-0.3, -0.25) is 4.79 Å².